The van der Waals surface area contributed by atoms with Crippen molar-refractivity contribution in [2.24, 2.45) is 0 Å². The van der Waals surface area contributed by atoms with Crippen LogP contribution in [0.3, 0.4) is 0 Å². The highest BCUT2D eigenvalue weighted by Crippen LogP contribution is 2.13. The summed E-state index contributed by atoms with van der Waals surface area (Å²) in [5.41, 5.74) is 0. The first-order chi connectivity index (χ1) is 17.7. The van der Waals surface area contributed by atoms with Gasteiger partial charge in [0.05, 0.1) is 59.5 Å². The molecule has 0 rings (SSSR count). The summed E-state index contributed by atoms with van der Waals surface area (Å²) in [6, 6.07) is 0. The first kappa shape index (κ1) is 37.2. The van der Waals surface area contributed by atoms with Crippen molar-refractivity contribution in [1.29, 1.82) is 0 Å². The molecule has 0 aromatic carbocycles. The van der Waals surface area contributed by atoms with Crippen molar-refractivity contribution in [3.63, 3.8) is 0 Å². The van der Waals surface area contributed by atoms with Gasteiger partial charge in [0.15, 0.2) is 0 Å². The maximum atomic E-state index is 10.8. The third kappa shape index (κ3) is 37.6. The van der Waals surface area contributed by atoms with Crippen LogP contribution in [0.1, 0.15) is 110 Å². The molecule has 2 N–H and O–H groups in total. The summed E-state index contributed by atoms with van der Waals surface area (Å²) in [5, 5.41) is 16.7. The van der Waals surface area contributed by atoms with Gasteiger partial charge in [0, 0.05) is 6.08 Å². The van der Waals surface area contributed by atoms with Crippen LogP contribution in [0.5, 0.6) is 0 Å². The van der Waals surface area contributed by atoms with Gasteiger partial charge in [-0.3, -0.25) is 0 Å². The van der Waals surface area contributed by atoms with Crippen LogP contribution in [0, 0.1) is 0 Å². The first-order valence-electron chi connectivity index (χ1n) is 14.5. The minimum absolute atomic E-state index is 0.0413. The molecule has 0 amide bonds. The third-order valence-electron chi connectivity index (χ3n) is 5.62. The van der Waals surface area contributed by atoms with Crippen molar-refractivity contribution >= 4 is 5.97 Å². The largest absolute Gasteiger partial charge is 0.463 e. The highest BCUT2D eigenvalue weighted by atomic mass is 16.5. The number of hydrogen-bond acceptors (Lipinski definition) is 7. The van der Waals surface area contributed by atoms with E-state index in [9.17, 15) is 4.79 Å². The van der Waals surface area contributed by atoms with Crippen LogP contribution in [0.2, 0.25) is 0 Å². The fraction of sp³-hybridized carbons (Fsp3) is 0.897. The van der Waals surface area contributed by atoms with Gasteiger partial charge in [-0.1, -0.05) is 110 Å². The van der Waals surface area contributed by atoms with Crippen LogP contribution in [0.4, 0.5) is 0 Å². The molecule has 0 aliphatic carbocycles. The van der Waals surface area contributed by atoms with E-state index in [0.717, 1.165) is 6.42 Å². The lowest BCUT2D eigenvalue weighted by Gasteiger charge is -2.04. The monoisotopic (exact) mass is 518 g/mol. The van der Waals surface area contributed by atoms with Gasteiger partial charge in [0.2, 0.25) is 0 Å². The van der Waals surface area contributed by atoms with Crippen molar-refractivity contribution in [3.05, 3.63) is 12.7 Å². The molecular weight excluding hydrogens is 460 g/mol. The number of aliphatic hydroxyl groups excluding tert-OH is 2. The Kier molecular flexibility index (Phi) is 37.3. The molecule has 0 spiro atoms. The van der Waals surface area contributed by atoms with Crippen LogP contribution < -0.4 is 0 Å². The molecule has 0 heterocycles. The molecule has 0 aliphatic heterocycles. The zero-order chi connectivity index (χ0) is 26.8. The molecule has 0 aromatic rings. The van der Waals surface area contributed by atoms with Gasteiger partial charge in [-0.2, -0.15) is 0 Å². The van der Waals surface area contributed by atoms with Gasteiger partial charge in [0.25, 0.3) is 0 Å². The smallest absolute Gasteiger partial charge is 0.330 e. The zero-order valence-electron chi connectivity index (χ0n) is 23.4. The summed E-state index contributed by atoms with van der Waals surface area (Å²) < 4.78 is 20.0. The maximum absolute atomic E-state index is 10.8. The van der Waals surface area contributed by atoms with Gasteiger partial charge in [0.1, 0.15) is 0 Å². The first-order valence-corrected chi connectivity index (χ1v) is 14.5. The van der Waals surface area contributed by atoms with Crippen molar-refractivity contribution in [2.75, 3.05) is 59.5 Å². The standard InChI is InChI=1S/C21H40O2.C8H18O5/c1-3-5-6-7-8-9-10-11-12-13-14-15-16-17-18-19-20-23-21(22)4-2;9-1-3-11-5-7-13-8-6-12-4-2-10/h4H,2-3,5-20H2,1H3;9-10H,1-8H2. The lowest BCUT2D eigenvalue weighted by molar-refractivity contribution is -0.137. The number of hydrogen-bond donors (Lipinski definition) is 2. The minimum atomic E-state index is -0.300. The predicted octanol–water partition coefficient (Wildman–Crippen LogP) is 6.00. The average Bonchev–Trinajstić information content (AvgIpc) is 2.89. The van der Waals surface area contributed by atoms with Crippen LogP contribution in [-0.2, 0) is 23.7 Å². The maximum Gasteiger partial charge on any atom is 0.330 e. The average molecular weight is 519 g/mol. The molecule has 0 bridgehead atoms. The molecule has 7 heteroatoms. The molecule has 216 valence electrons. The number of carbonyl (C=O) groups excluding carboxylic acids is 1. The van der Waals surface area contributed by atoms with E-state index in [1.165, 1.54) is 102 Å². The van der Waals surface area contributed by atoms with E-state index < -0.39 is 0 Å². The Bertz CT molecular complexity index is 408. The van der Waals surface area contributed by atoms with Gasteiger partial charge >= 0.3 is 5.97 Å². The van der Waals surface area contributed by atoms with E-state index >= 15 is 0 Å². The van der Waals surface area contributed by atoms with Gasteiger partial charge in [-0.15, -0.1) is 0 Å². The quantitative estimate of drug-likeness (QED) is 0.0745. The van der Waals surface area contributed by atoms with Gasteiger partial charge in [-0.25, -0.2) is 4.79 Å². The predicted molar refractivity (Wildman–Crippen MR) is 147 cm³/mol. The minimum Gasteiger partial charge on any atom is -0.463 e. The van der Waals surface area contributed by atoms with Gasteiger partial charge < -0.3 is 29.2 Å². The van der Waals surface area contributed by atoms with Crippen LogP contribution in [0.15, 0.2) is 12.7 Å². The highest BCUT2D eigenvalue weighted by molar-refractivity contribution is 5.81. The Morgan fingerprint density at radius 2 is 0.889 bits per heavy atom. The molecule has 0 aliphatic rings. The van der Waals surface area contributed by atoms with Crippen molar-refractivity contribution in [3.8, 4) is 0 Å². The molecular formula is C29H58O7. The number of esters is 1. The molecule has 7 nitrogen and oxygen atoms in total. The second-order valence-electron chi connectivity index (χ2n) is 8.96. The summed E-state index contributed by atoms with van der Waals surface area (Å²) in [6.45, 7) is 8.97. The van der Waals surface area contributed by atoms with E-state index in [2.05, 4.69) is 13.5 Å². The Hall–Kier alpha value is -0.990. The molecule has 0 radical (unpaired) electrons. The Morgan fingerprint density at radius 1 is 0.556 bits per heavy atom. The normalized spacial score (nSPS) is 10.6. The highest BCUT2D eigenvalue weighted by Gasteiger charge is 1.96. The Labute approximate surface area is 221 Å². The number of carbonyl (C=O) groups is 1. The fourth-order valence-corrected chi connectivity index (χ4v) is 3.55. The third-order valence-corrected chi connectivity index (χ3v) is 5.62. The Balaban J connectivity index is 0. The summed E-state index contributed by atoms with van der Waals surface area (Å²) in [4.78, 5) is 10.8. The van der Waals surface area contributed by atoms with Gasteiger partial charge in [-0.05, 0) is 6.42 Å². The second kappa shape index (κ2) is 36.2. The number of ether oxygens (including phenoxy) is 4. The second-order valence-corrected chi connectivity index (χ2v) is 8.96. The number of aliphatic hydroxyl groups is 2. The van der Waals surface area contributed by atoms with E-state index in [1.807, 2.05) is 0 Å². The van der Waals surface area contributed by atoms with Crippen LogP contribution in [0.25, 0.3) is 0 Å². The van der Waals surface area contributed by atoms with Crippen LogP contribution >= 0.6 is 0 Å². The summed E-state index contributed by atoms with van der Waals surface area (Å²) >= 11 is 0. The summed E-state index contributed by atoms with van der Waals surface area (Å²) in [6.07, 6.45) is 23.0. The molecule has 0 unspecified atom stereocenters. The summed E-state index contributed by atoms with van der Waals surface area (Å²) in [7, 11) is 0. The lowest BCUT2D eigenvalue weighted by atomic mass is 10.0. The van der Waals surface area contributed by atoms with E-state index in [1.54, 1.807) is 0 Å². The lowest BCUT2D eigenvalue weighted by Crippen LogP contribution is -2.11. The van der Waals surface area contributed by atoms with E-state index in [4.69, 9.17) is 29.2 Å². The zero-order valence-corrected chi connectivity index (χ0v) is 23.4. The molecule has 0 saturated carbocycles. The van der Waals surface area contributed by atoms with Crippen molar-refractivity contribution in [1.82, 2.24) is 0 Å². The number of rotatable bonds is 28. The SMILES string of the molecule is C=CC(=O)OCCCCCCCCCCCCCCCCCC.OCCOCCOCCOCCO. The van der Waals surface area contributed by atoms with Crippen LogP contribution in [-0.4, -0.2) is 75.6 Å². The van der Waals surface area contributed by atoms with E-state index in [-0.39, 0.29) is 19.2 Å². The van der Waals surface area contributed by atoms with Crippen molar-refractivity contribution < 1.29 is 34.0 Å². The molecule has 36 heavy (non-hydrogen) atoms. The van der Waals surface area contributed by atoms with E-state index in [0.29, 0.717) is 46.2 Å². The molecule has 0 atom stereocenters. The van der Waals surface area contributed by atoms with Crippen molar-refractivity contribution in [2.45, 2.75) is 110 Å². The fourth-order valence-electron chi connectivity index (χ4n) is 3.55. The molecule has 0 aromatic heterocycles. The number of unbranched alkanes of at least 4 members (excludes halogenated alkanes) is 15. The topological polar surface area (TPSA) is 94.5 Å². The summed E-state index contributed by atoms with van der Waals surface area (Å²) in [5.74, 6) is -0.300. The Morgan fingerprint density at radius 3 is 1.22 bits per heavy atom. The molecule has 0 saturated heterocycles. The molecule has 0 fully saturated rings.